The third-order valence-corrected chi connectivity index (χ3v) is 2.38. The SMILES string of the molecule is N=C(N)c1ccnc(OCc2ccccc2F)c1. The monoisotopic (exact) mass is 245 g/mol. The summed E-state index contributed by atoms with van der Waals surface area (Å²) >= 11 is 0. The molecule has 92 valence electrons. The van der Waals surface area contributed by atoms with Gasteiger partial charge in [0.15, 0.2) is 0 Å². The van der Waals surface area contributed by atoms with E-state index in [-0.39, 0.29) is 18.3 Å². The van der Waals surface area contributed by atoms with E-state index in [1.807, 2.05) is 0 Å². The summed E-state index contributed by atoms with van der Waals surface area (Å²) in [5.74, 6) is -0.0701. The normalized spacial score (nSPS) is 10.1. The highest BCUT2D eigenvalue weighted by Gasteiger charge is 2.04. The Morgan fingerprint density at radius 1 is 1.33 bits per heavy atom. The number of ether oxygens (including phenoxy) is 1. The van der Waals surface area contributed by atoms with E-state index in [0.29, 0.717) is 17.0 Å². The maximum absolute atomic E-state index is 13.3. The van der Waals surface area contributed by atoms with Gasteiger partial charge in [-0.3, -0.25) is 5.41 Å². The number of benzene rings is 1. The number of halogens is 1. The molecule has 0 radical (unpaired) electrons. The Labute approximate surface area is 104 Å². The molecular formula is C13H12FN3O. The summed E-state index contributed by atoms with van der Waals surface area (Å²) < 4.78 is 18.7. The molecule has 1 heterocycles. The van der Waals surface area contributed by atoms with E-state index in [0.717, 1.165) is 0 Å². The predicted molar refractivity (Wildman–Crippen MR) is 66.0 cm³/mol. The lowest BCUT2D eigenvalue weighted by molar-refractivity contribution is 0.288. The van der Waals surface area contributed by atoms with Crippen LogP contribution in [-0.4, -0.2) is 10.8 Å². The van der Waals surface area contributed by atoms with E-state index >= 15 is 0 Å². The molecule has 0 saturated carbocycles. The van der Waals surface area contributed by atoms with E-state index in [2.05, 4.69) is 4.98 Å². The van der Waals surface area contributed by atoms with Gasteiger partial charge in [0.1, 0.15) is 18.3 Å². The van der Waals surface area contributed by atoms with Gasteiger partial charge in [0.05, 0.1) is 0 Å². The second-order valence-corrected chi connectivity index (χ2v) is 3.68. The van der Waals surface area contributed by atoms with Gasteiger partial charge in [-0.25, -0.2) is 9.37 Å². The molecule has 0 aliphatic carbocycles. The van der Waals surface area contributed by atoms with Gasteiger partial charge in [-0.05, 0) is 12.1 Å². The predicted octanol–water partition coefficient (Wildman–Crippen LogP) is 2.08. The number of nitrogen functional groups attached to an aromatic ring is 1. The van der Waals surface area contributed by atoms with Gasteiger partial charge in [0.2, 0.25) is 5.88 Å². The lowest BCUT2D eigenvalue weighted by Crippen LogP contribution is -2.11. The molecule has 0 fully saturated rings. The molecule has 2 aromatic rings. The summed E-state index contributed by atoms with van der Waals surface area (Å²) in [6, 6.07) is 9.53. The molecule has 18 heavy (non-hydrogen) atoms. The number of hydrogen-bond acceptors (Lipinski definition) is 3. The first-order chi connectivity index (χ1) is 8.66. The Morgan fingerprint density at radius 2 is 2.11 bits per heavy atom. The van der Waals surface area contributed by atoms with Crippen molar-refractivity contribution in [2.45, 2.75) is 6.61 Å². The van der Waals surface area contributed by atoms with Crippen molar-refractivity contribution in [3.05, 3.63) is 59.5 Å². The largest absolute Gasteiger partial charge is 0.473 e. The Balaban J connectivity index is 2.09. The van der Waals surface area contributed by atoms with Gasteiger partial charge in [-0.1, -0.05) is 18.2 Å². The summed E-state index contributed by atoms with van der Waals surface area (Å²) in [6.07, 6.45) is 1.49. The minimum absolute atomic E-state index is 0.0619. The van der Waals surface area contributed by atoms with Crippen LogP contribution in [0.5, 0.6) is 5.88 Å². The first-order valence-electron chi connectivity index (χ1n) is 5.33. The number of hydrogen-bond donors (Lipinski definition) is 2. The first kappa shape index (κ1) is 12.0. The van der Waals surface area contributed by atoms with Crippen molar-refractivity contribution in [1.29, 1.82) is 5.41 Å². The summed E-state index contributed by atoms with van der Waals surface area (Å²) in [4.78, 5) is 3.97. The summed E-state index contributed by atoms with van der Waals surface area (Å²) in [5.41, 5.74) is 6.33. The molecule has 0 atom stereocenters. The van der Waals surface area contributed by atoms with Crippen LogP contribution in [0.3, 0.4) is 0 Å². The molecule has 0 aliphatic rings. The van der Waals surface area contributed by atoms with Gasteiger partial charge in [-0.2, -0.15) is 0 Å². The number of amidine groups is 1. The zero-order chi connectivity index (χ0) is 13.0. The molecular weight excluding hydrogens is 233 g/mol. The number of pyridine rings is 1. The molecule has 4 nitrogen and oxygen atoms in total. The molecule has 0 aliphatic heterocycles. The average molecular weight is 245 g/mol. The minimum Gasteiger partial charge on any atom is -0.473 e. The molecule has 1 aromatic carbocycles. The number of rotatable bonds is 4. The van der Waals surface area contributed by atoms with E-state index in [1.54, 1.807) is 30.3 Å². The Morgan fingerprint density at radius 3 is 2.83 bits per heavy atom. The average Bonchev–Trinajstić information content (AvgIpc) is 2.38. The van der Waals surface area contributed by atoms with Crippen molar-refractivity contribution in [2.75, 3.05) is 0 Å². The van der Waals surface area contributed by atoms with Crippen molar-refractivity contribution in [3.63, 3.8) is 0 Å². The van der Waals surface area contributed by atoms with Gasteiger partial charge in [0.25, 0.3) is 0 Å². The molecule has 0 amide bonds. The third-order valence-electron chi connectivity index (χ3n) is 2.38. The zero-order valence-corrected chi connectivity index (χ0v) is 9.56. The summed E-state index contributed by atoms with van der Waals surface area (Å²) in [7, 11) is 0. The van der Waals surface area contributed by atoms with Crippen LogP contribution in [0, 0.1) is 11.2 Å². The fraction of sp³-hybridized carbons (Fsp3) is 0.0769. The smallest absolute Gasteiger partial charge is 0.214 e. The van der Waals surface area contributed by atoms with Crippen LogP contribution in [0.2, 0.25) is 0 Å². The van der Waals surface area contributed by atoms with Crippen molar-refractivity contribution < 1.29 is 9.13 Å². The Kier molecular flexibility index (Phi) is 3.52. The zero-order valence-electron chi connectivity index (χ0n) is 9.56. The standard InChI is InChI=1S/C13H12FN3O/c14-11-4-2-1-3-10(11)8-18-12-7-9(13(15)16)5-6-17-12/h1-7H,8H2,(H3,15,16). The molecule has 1 aromatic heterocycles. The van der Waals surface area contributed by atoms with E-state index in [4.69, 9.17) is 15.9 Å². The quantitative estimate of drug-likeness (QED) is 0.640. The second-order valence-electron chi connectivity index (χ2n) is 3.68. The van der Waals surface area contributed by atoms with Crippen LogP contribution in [0.4, 0.5) is 4.39 Å². The van der Waals surface area contributed by atoms with Gasteiger partial charge >= 0.3 is 0 Å². The van der Waals surface area contributed by atoms with Crippen LogP contribution in [0.1, 0.15) is 11.1 Å². The number of nitrogens with two attached hydrogens (primary N) is 1. The lowest BCUT2D eigenvalue weighted by atomic mass is 10.2. The fourth-order valence-electron chi connectivity index (χ4n) is 1.42. The maximum atomic E-state index is 13.3. The minimum atomic E-state index is -0.319. The van der Waals surface area contributed by atoms with Crippen molar-refractivity contribution in [3.8, 4) is 5.88 Å². The van der Waals surface area contributed by atoms with Gasteiger partial charge in [-0.15, -0.1) is 0 Å². The molecule has 2 rings (SSSR count). The van der Waals surface area contributed by atoms with Crippen LogP contribution in [0.25, 0.3) is 0 Å². The summed E-state index contributed by atoms with van der Waals surface area (Å²) in [5, 5.41) is 7.30. The van der Waals surface area contributed by atoms with Crippen LogP contribution < -0.4 is 10.5 Å². The van der Waals surface area contributed by atoms with E-state index in [1.165, 1.54) is 12.3 Å². The number of nitrogens with one attached hydrogen (secondary N) is 1. The van der Waals surface area contributed by atoms with Crippen molar-refractivity contribution in [2.24, 2.45) is 5.73 Å². The maximum Gasteiger partial charge on any atom is 0.214 e. The molecule has 0 unspecified atom stereocenters. The van der Waals surface area contributed by atoms with E-state index in [9.17, 15) is 4.39 Å². The lowest BCUT2D eigenvalue weighted by Gasteiger charge is -2.07. The van der Waals surface area contributed by atoms with Crippen LogP contribution in [-0.2, 0) is 6.61 Å². The summed E-state index contributed by atoms with van der Waals surface area (Å²) in [6.45, 7) is 0.0844. The highest BCUT2D eigenvalue weighted by Crippen LogP contribution is 2.13. The van der Waals surface area contributed by atoms with Gasteiger partial charge in [0, 0.05) is 23.4 Å². The molecule has 5 heteroatoms. The van der Waals surface area contributed by atoms with E-state index < -0.39 is 0 Å². The molecule has 3 N–H and O–H groups in total. The first-order valence-corrected chi connectivity index (χ1v) is 5.33. The fourth-order valence-corrected chi connectivity index (χ4v) is 1.42. The number of nitrogens with zero attached hydrogens (tertiary/aromatic N) is 1. The highest BCUT2D eigenvalue weighted by molar-refractivity contribution is 5.95. The molecule has 0 bridgehead atoms. The van der Waals surface area contributed by atoms with Crippen LogP contribution >= 0.6 is 0 Å². The van der Waals surface area contributed by atoms with Gasteiger partial charge < -0.3 is 10.5 Å². The Hall–Kier alpha value is -2.43. The third kappa shape index (κ3) is 2.82. The number of aromatic nitrogens is 1. The van der Waals surface area contributed by atoms with Crippen LogP contribution in [0.15, 0.2) is 42.6 Å². The van der Waals surface area contributed by atoms with Crippen molar-refractivity contribution in [1.82, 2.24) is 4.98 Å². The molecule has 0 saturated heterocycles. The topological polar surface area (TPSA) is 72.0 Å². The Bertz CT molecular complexity index is 572. The van der Waals surface area contributed by atoms with Crippen molar-refractivity contribution >= 4 is 5.84 Å². The second kappa shape index (κ2) is 5.27. The molecule has 0 spiro atoms. The highest BCUT2D eigenvalue weighted by atomic mass is 19.1.